The molecule has 0 bridgehead atoms. The molecule has 0 aliphatic carbocycles. The zero-order valence-corrected chi connectivity index (χ0v) is 18.2. The number of amides is 4. The number of urea groups is 1. The highest BCUT2D eigenvalue weighted by Crippen LogP contribution is 2.36. The largest absolute Gasteiger partial charge is 0.412 e. The van der Waals surface area contributed by atoms with Crippen LogP contribution in [0.1, 0.15) is 12.0 Å². The summed E-state index contributed by atoms with van der Waals surface area (Å²) in [5, 5.41) is 4.02. The number of nitrogens with zero attached hydrogens (tertiary/aromatic N) is 3. The summed E-state index contributed by atoms with van der Waals surface area (Å²) in [6, 6.07) is 8.05. The first-order valence-electron chi connectivity index (χ1n) is 8.93. The standard InChI is InChI=1S/C19H27N3O5Si/c1-21-16(23)19(14-10-8-7-9-11-14,17(24)22(2)18(21)25)12-15(20-26-3)13-27-28(4,5)6/h7-11H,12-13H2,1-6H3. The van der Waals surface area contributed by atoms with E-state index < -0.39 is 31.6 Å². The summed E-state index contributed by atoms with van der Waals surface area (Å²) in [7, 11) is 2.27. The minimum absolute atomic E-state index is 0.0467. The lowest BCUT2D eigenvalue weighted by atomic mass is 9.72. The average Bonchev–Trinajstić information content (AvgIpc) is 2.66. The van der Waals surface area contributed by atoms with Crippen LogP contribution in [0.2, 0.25) is 19.6 Å². The van der Waals surface area contributed by atoms with E-state index in [1.54, 1.807) is 30.3 Å². The van der Waals surface area contributed by atoms with Crippen molar-refractivity contribution in [2.45, 2.75) is 31.5 Å². The SMILES string of the molecule is CON=C(CO[Si](C)(C)C)CC1(c2ccccc2)C(=O)N(C)C(=O)N(C)C1=O. The molecule has 152 valence electrons. The Hall–Kier alpha value is -2.52. The highest BCUT2D eigenvalue weighted by atomic mass is 28.4. The van der Waals surface area contributed by atoms with Gasteiger partial charge in [-0.25, -0.2) is 4.79 Å². The molecule has 1 aliphatic rings. The molecule has 4 amide bonds. The first-order chi connectivity index (χ1) is 13.0. The minimum Gasteiger partial charge on any atom is -0.412 e. The maximum Gasteiger partial charge on any atom is 0.332 e. The molecule has 2 rings (SSSR count). The maximum absolute atomic E-state index is 13.3. The number of benzene rings is 1. The topological polar surface area (TPSA) is 88.5 Å². The number of rotatable bonds is 7. The molecule has 1 fully saturated rings. The predicted octanol–water partition coefficient (Wildman–Crippen LogP) is 2.22. The van der Waals surface area contributed by atoms with Crippen molar-refractivity contribution >= 4 is 31.9 Å². The monoisotopic (exact) mass is 405 g/mol. The van der Waals surface area contributed by atoms with Gasteiger partial charge >= 0.3 is 6.03 Å². The van der Waals surface area contributed by atoms with Crippen LogP contribution in [-0.2, 0) is 24.3 Å². The summed E-state index contributed by atoms with van der Waals surface area (Å²) >= 11 is 0. The van der Waals surface area contributed by atoms with Crippen LogP contribution < -0.4 is 0 Å². The number of carbonyl (C=O) groups is 3. The van der Waals surface area contributed by atoms with Crippen molar-refractivity contribution < 1.29 is 23.6 Å². The van der Waals surface area contributed by atoms with Gasteiger partial charge in [-0.15, -0.1) is 0 Å². The second kappa shape index (κ2) is 8.23. The number of hydrogen-bond acceptors (Lipinski definition) is 6. The van der Waals surface area contributed by atoms with Gasteiger partial charge in [0.05, 0.1) is 12.3 Å². The molecule has 0 unspecified atom stereocenters. The third-order valence-corrected chi connectivity index (χ3v) is 5.55. The quantitative estimate of drug-likeness (QED) is 0.300. The Morgan fingerprint density at radius 1 is 1.04 bits per heavy atom. The van der Waals surface area contributed by atoms with Gasteiger partial charge < -0.3 is 9.26 Å². The van der Waals surface area contributed by atoms with Crippen LogP contribution in [0, 0.1) is 0 Å². The Kier molecular flexibility index (Phi) is 6.40. The molecular formula is C19H27N3O5Si. The summed E-state index contributed by atoms with van der Waals surface area (Å²) in [4.78, 5) is 45.7. The second-order valence-electron chi connectivity index (χ2n) is 7.70. The Labute approximate surface area is 166 Å². The molecule has 0 spiro atoms. The van der Waals surface area contributed by atoms with Crippen LogP contribution in [0.25, 0.3) is 0 Å². The molecule has 0 atom stereocenters. The zero-order valence-electron chi connectivity index (χ0n) is 17.2. The van der Waals surface area contributed by atoms with Crippen LogP contribution in [-0.4, -0.2) is 69.5 Å². The second-order valence-corrected chi connectivity index (χ2v) is 12.2. The summed E-state index contributed by atoms with van der Waals surface area (Å²) in [5.41, 5.74) is -0.696. The van der Waals surface area contributed by atoms with Crippen molar-refractivity contribution in [3.05, 3.63) is 35.9 Å². The Morgan fingerprint density at radius 3 is 2.04 bits per heavy atom. The fraction of sp³-hybridized carbons (Fsp3) is 0.474. The molecule has 1 saturated heterocycles. The van der Waals surface area contributed by atoms with E-state index in [1.165, 1.54) is 21.2 Å². The molecule has 0 saturated carbocycles. The van der Waals surface area contributed by atoms with Crippen LogP contribution in [0.3, 0.4) is 0 Å². The van der Waals surface area contributed by atoms with Crippen molar-refractivity contribution in [2.24, 2.45) is 5.16 Å². The summed E-state index contributed by atoms with van der Waals surface area (Å²) in [6.07, 6.45) is -0.0467. The fourth-order valence-corrected chi connectivity index (χ4v) is 3.73. The number of barbiturate groups is 1. The minimum atomic E-state index is -1.87. The van der Waals surface area contributed by atoms with Crippen molar-refractivity contribution in [1.29, 1.82) is 0 Å². The molecule has 9 heteroatoms. The molecular weight excluding hydrogens is 378 g/mol. The first kappa shape index (κ1) is 21.8. The van der Waals surface area contributed by atoms with Gasteiger partial charge in [-0.2, -0.15) is 0 Å². The molecule has 0 radical (unpaired) electrons. The molecule has 0 N–H and O–H groups in total. The van der Waals surface area contributed by atoms with Gasteiger partial charge in [-0.3, -0.25) is 19.4 Å². The van der Waals surface area contributed by atoms with Crippen LogP contribution >= 0.6 is 0 Å². The van der Waals surface area contributed by atoms with E-state index in [1.807, 2.05) is 19.6 Å². The molecule has 0 aromatic heterocycles. The number of oxime groups is 1. The summed E-state index contributed by atoms with van der Waals surface area (Å²) in [6.45, 7) is 6.23. The summed E-state index contributed by atoms with van der Waals surface area (Å²) in [5.74, 6) is -1.19. The van der Waals surface area contributed by atoms with Gasteiger partial charge in [0.1, 0.15) is 7.11 Å². The number of carbonyl (C=O) groups excluding carboxylic acids is 3. The van der Waals surface area contributed by atoms with Gasteiger partial charge in [0.15, 0.2) is 13.7 Å². The van der Waals surface area contributed by atoms with E-state index in [4.69, 9.17) is 9.26 Å². The van der Waals surface area contributed by atoms with E-state index in [2.05, 4.69) is 5.16 Å². The molecule has 1 heterocycles. The van der Waals surface area contributed by atoms with Crippen molar-refractivity contribution in [2.75, 3.05) is 27.8 Å². The predicted molar refractivity (Wildman–Crippen MR) is 107 cm³/mol. The normalized spacial score (nSPS) is 17.9. The van der Waals surface area contributed by atoms with Gasteiger partial charge in [-0.1, -0.05) is 35.5 Å². The van der Waals surface area contributed by atoms with Crippen LogP contribution in [0.15, 0.2) is 35.5 Å². The van der Waals surface area contributed by atoms with Gasteiger partial charge in [0, 0.05) is 20.5 Å². The van der Waals surface area contributed by atoms with E-state index >= 15 is 0 Å². The van der Waals surface area contributed by atoms with Crippen molar-refractivity contribution in [1.82, 2.24) is 9.80 Å². The zero-order chi connectivity index (χ0) is 21.1. The van der Waals surface area contributed by atoms with Crippen LogP contribution in [0.5, 0.6) is 0 Å². The Morgan fingerprint density at radius 2 is 1.57 bits per heavy atom. The molecule has 1 aliphatic heterocycles. The molecule has 1 aromatic rings. The van der Waals surface area contributed by atoms with E-state index in [0.717, 1.165) is 9.80 Å². The van der Waals surface area contributed by atoms with Gasteiger partial charge in [-0.05, 0) is 25.2 Å². The van der Waals surface area contributed by atoms with E-state index in [0.29, 0.717) is 11.3 Å². The third kappa shape index (κ3) is 4.15. The Bertz CT molecular complexity index is 765. The lowest BCUT2D eigenvalue weighted by molar-refractivity contribution is -0.150. The van der Waals surface area contributed by atoms with E-state index in [-0.39, 0.29) is 13.0 Å². The van der Waals surface area contributed by atoms with Crippen molar-refractivity contribution in [3.8, 4) is 0 Å². The van der Waals surface area contributed by atoms with Crippen LogP contribution in [0.4, 0.5) is 4.79 Å². The van der Waals surface area contributed by atoms with Crippen molar-refractivity contribution in [3.63, 3.8) is 0 Å². The van der Waals surface area contributed by atoms with Gasteiger partial charge in [0.2, 0.25) is 0 Å². The molecule has 28 heavy (non-hydrogen) atoms. The number of imide groups is 2. The third-order valence-electron chi connectivity index (χ3n) is 4.54. The highest BCUT2D eigenvalue weighted by molar-refractivity contribution is 6.69. The summed E-state index contributed by atoms with van der Waals surface area (Å²) < 4.78 is 5.92. The molecule has 1 aromatic carbocycles. The number of likely N-dealkylation sites (N-methyl/N-ethyl adjacent to an activating group) is 2. The average molecular weight is 406 g/mol. The first-order valence-corrected chi connectivity index (χ1v) is 12.3. The fourth-order valence-electron chi connectivity index (χ4n) is 3.13. The maximum atomic E-state index is 13.3. The Balaban J connectivity index is 2.56. The van der Waals surface area contributed by atoms with Gasteiger partial charge in [0.25, 0.3) is 11.8 Å². The smallest absolute Gasteiger partial charge is 0.332 e. The lowest BCUT2D eigenvalue weighted by Gasteiger charge is -2.42. The lowest BCUT2D eigenvalue weighted by Crippen LogP contribution is -2.65. The molecule has 8 nitrogen and oxygen atoms in total. The highest BCUT2D eigenvalue weighted by Gasteiger charge is 2.57. The number of hydrogen-bond donors (Lipinski definition) is 0. The van der Waals surface area contributed by atoms with E-state index in [9.17, 15) is 14.4 Å².